The molecule has 10 heteroatoms. The van der Waals surface area contributed by atoms with Crippen LogP contribution in [-0.4, -0.2) is 31.4 Å². The number of carbonyl (C=O) groups excluding carboxylic acids is 2. The molecular formula is C30H28F3NO6. The van der Waals surface area contributed by atoms with E-state index in [0.29, 0.717) is 22.6 Å². The van der Waals surface area contributed by atoms with E-state index in [4.69, 9.17) is 14.2 Å². The van der Waals surface area contributed by atoms with E-state index in [1.54, 1.807) is 18.2 Å². The van der Waals surface area contributed by atoms with E-state index in [-0.39, 0.29) is 32.8 Å². The first-order valence-electron chi connectivity index (χ1n) is 12.2. The molecule has 3 aromatic rings. The van der Waals surface area contributed by atoms with Gasteiger partial charge in [-0.1, -0.05) is 73.3 Å². The minimum absolute atomic E-state index is 0.0328. The lowest BCUT2D eigenvalue weighted by molar-refractivity contribution is -0.173. The smallest absolute Gasteiger partial charge is 0.489 e. The van der Waals surface area contributed by atoms with Crippen molar-refractivity contribution in [3.05, 3.63) is 114 Å². The Balaban J connectivity index is 1.90. The van der Waals surface area contributed by atoms with Crippen molar-refractivity contribution >= 4 is 18.1 Å². The fraction of sp³-hybridized carbons (Fsp3) is 0.200. The lowest BCUT2D eigenvalue weighted by Gasteiger charge is -2.17. The lowest BCUT2D eigenvalue weighted by atomic mass is 10.0. The van der Waals surface area contributed by atoms with Gasteiger partial charge >= 0.3 is 18.2 Å². The standard InChI is InChI=1S/C30H28F3NO6/c1-2-37-29(36)38-17-9-14-26-24(15-16-34-28(35)30(31,32)33)18-25(39-20-22-10-5-3-6-11-22)19-27(26)40-21-23-12-7-4-8-13-23/h2-14,18-19H,1,15-17,20-21H2,(H,34,35)/b14-9-. The summed E-state index contributed by atoms with van der Waals surface area (Å²) in [5, 5.41) is 1.88. The highest BCUT2D eigenvalue weighted by Gasteiger charge is 2.38. The Morgan fingerprint density at radius 2 is 1.52 bits per heavy atom. The van der Waals surface area contributed by atoms with Gasteiger partial charge in [-0.15, -0.1) is 0 Å². The van der Waals surface area contributed by atoms with Crippen molar-refractivity contribution < 1.29 is 41.7 Å². The second kappa shape index (κ2) is 15.0. The average Bonchev–Trinajstić information content (AvgIpc) is 2.94. The van der Waals surface area contributed by atoms with E-state index < -0.39 is 18.2 Å². The fourth-order valence-electron chi connectivity index (χ4n) is 3.53. The molecule has 3 rings (SSSR count). The molecule has 0 saturated heterocycles. The van der Waals surface area contributed by atoms with Crippen molar-refractivity contribution in [3.8, 4) is 11.5 Å². The number of alkyl halides is 3. The first kappa shape index (κ1) is 29.8. The van der Waals surface area contributed by atoms with E-state index in [0.717, 1.165) is 17.4 Å². The zero-order valence-electron chi connectivity index (χ0n) is 21.5. The summed E-state index contributed by atoms with van der Waals surface area (Å²) in [4.78, 5) is 22.8. The van der Waals surface area contributed by atoms with E-state index in [9.17, 15) is 22.8 Å². The highest BCUT2D eigenvalue weighted by atomic mass is 19.4. The summed E-state index contributed by atoms with van der Waals surface area (Å²) < 4.78 is 59.6. The zero-order chi connectivity index (χ0) is 28.8. The molecule has 0 fully saturated rings. The number of nitrogens with one attached hydrogen (secondary N) is 1. The first-order chi connectivity index (χ1) is 19.3. The molecule has 0 atom stereocenters. The van der Waals surface area contributed by atoms with Gasteiger partial charge in [-0.3, -0.25) is 4.79 Å². The highest BCUT2D eigenvalue weighted by Crippen LogP contribution is 2.32. The van der Waals surface area contributed by atoms with Crippen LogP contribution in [0.3, 0.4) is 0 Å². The minimum atomic E-state index is -5.00. The van der Waals surface area contributed by atoms with Gasteiger partial charge in [-0.2, -0.15) is 13.2 Å². The third kappa shape index (κ3) is 9.86. The number of ether oxygens (including phenoxy) is 4. The molecule has 0 spiro atoms. The Bertz CT molecular complexity index is 1290. The van der Waals surface area contributed by atoms with E-state index in [2.05, 4.69) is 11.3 Å². The average molecular weight is 556 g/mol. The summed E-state index contributed by atoms with van der Waals surface area (Å²) in [6, 6.07) is 22.2. The van der Waals surface area contributed by atoms with Crippen molar-refractivity contribution in [2.24, 2.45) is 0 Å². The number of rotatable bonds is 13. The molecule has 0 aromatic heterocycles. The Kier molecular flexibility index (Phi) is 11.2. The van der Waals surface area contributed by atoms with Gasteiger partial charge in [0.25, 0.3) is 0 Å². The van der Waals surface area contributed by atoms with Crippen molar-refractivity contribution in [2.45, 2.75) is 25.8 Å². The molecule has 0 bridgehead atoms. The monoisotopic (exact) mass is 555 g/mol. The molecule has 210 valence electrons. The van der Waals surface area contributed by atoms with E-state index >= 15 is 0 Å². The molecular weight excluding hydrogens is 527 g/mol. The van der Waals surface area contributed by atoms with Crippen LogP contribution in [0.5, 0.6) is 11.5 Å². The molecule has 1 N–H and O–H groups in total. The summed E-state index contributed by atoms with van der Waals surface area (Å²) >= 11 is 0. The second-order valence-electron chi connectivity index (χ2n) is 8.29. The van der Waals surface area contributed by atoms with Gasteiger partial charge in [-0.25, -0.2) is 4.79 Å². The molecule has 0 aliphatic rings. The fourth-order valence-corrected chi connectivity index (χ4v) is 3.53. The lowest BCUT2D eigenvalue weighted by Crippen LogP contribution is -2.37. The first-order valence-corrected chi connectivity index (χ1v) is 12.2. The Morgan fingerprint density at radius 3 is 2.12 bits per heavy atom. The maximum Gasteiger partial charge on any atom is 0.513 e. The number of halogens is 3. The van der Waals surface area contributed by atoms with Gasteiger partial charge in [0.1, 0.15) is 31.3 Å². The van der Waals surface area contributed by atoms with Gasteiger partial charge in [0.15, 0.2) is 0 Å². The summed E-state index contributed by atoms with van der Waals surface area (Å²) in [6.45, 7) is 3.28. The van der Waals surface area contributed by atoms with Gasteiger partial charge in [0.2, 0.25) is 0 Å². The number of carbonyl (C=O) groups is 2. The Hall–Kier alpha value is -4.73. The van der Waals surface area contributed by atoms with Gasteiger partial charge in [0.05, 0.1) is 6.26 Å². The van der Waals surface area contributed by atoms with Gasteiger partial charge in [0, 0.05) is 18.2 Å². The van der Waals surface area contributed by atoms with Crippen molar-refractivity contribution in [2.75, 3.05) is 13.2 Å². The molecule has 1 amide bonds. The van der Waals surface area contributed by atoms with E-state index in [1.807, 2.05) is 66.0 Å². The molecule has 0 aliphatic heterocycles. The molecule has 0 radical (unpaired) electrons. The molecule has 0 heterocycles. The molecule has 0 unspecified atom stereocenters. The van der Waals surface area contributed by atoms with Crippen LogP contribution in [0.15, 0.2) is 91.7 Å². The molecule has 40 heavy (non-hydrogen) atoms. The summed E-state index contributed by atoms with van der Waals surface area (Å²) in [5.74, 6) is -1.22. The molecule has 0 saturated carbocycles. The van der Waals surface area contributed by atoms with Crippen LogP contribution in [0.2, 0.25) is 0 Å². The number of benzene rings is 3. The summed E-state index contributed by atoms with van der Waals surface area (Å²) in [7, 11) is 0. The molecule has 3 aromatic carbocycles. The largest absolute Gasteiger partial charge is 0.513 e. The highest BCUT2D eigenvalue weighted by molar-refractivity contribution is 5.81. The Labute approximate surface area is 229 Å². The predicted octanol–water partition coefficient (Wildman–Crippen LogP) is 6.38. The van der Waals surface area contributed by atoms with Crippen LogP contribution in [0.25, 0.3) is 6.08 Å². The van der Waals surface area contributed by atoms with Gasteiger partial charge in [-0.05, 0) is 35.3 Å². The van der Waals surface area contributed by atoms with Crippen LogP contribution in [0.1, 0.15) is 22.3 Å². The summed E-state index contributed by atoms with van der Waals surface area (Å²) in [5.41, 5.74) is 2.87. The maximum atomic E-state index is 12.7. The molecule has 0 aliphatic carbocycles. The SMILES string of the molecule is C=COC(=O)OC/C=C\c1c(CCNC(=O)C(F)(F)F)cc(OCc2ccccc2)cc1OCc1ccccc1. The van der Waals surface area contributed by atoms with Crippen LogP contribution in [-0.2, 0) is 33.9 Å². The quantitative estimate of drug-likeness (QED) is 0.195. The normalized spacial score (nSPS) is 11.1. The van der Waals surface area contributed by atoms with Gasteiger partial charge < -0.3 is 24.3 Å². The molecule has 7 nitrogen and oxygen atoms in total. The Morgan fingerprint density at radius 1 is 0.900 bits per heavy atom. The van der Waals surface area contributed by atoms with E-state index in [1.165, 1.54) is 6.08 Å². The van der Waals surface area contributed by atoms with Crippen LogP contribution in [0.4, 0.5) is 18.0 Å². The van der Waals surface area contributed by atoms with Crippen molar-refractivity contribution in [1.82, 2.24) is 5.32 Å². The van der Waals surface area contributed by atoms with Crippen molar-refractivity contribution in [1.29, 1.82) is 0 Å². The van der Waals surface area contributed by atoms with Crippen LogP contribution in [0, 0.1) is 0 Å². The van der Waals surface area contributed by atoms with Crippen LogP contribution >= 0.6 is 0 Å². The third-order valence-electron chi connectivity index (χ3n) is 5.39. The number of hydrogen-bond acceptors (Lipinski definition) is 6. The number of hydrogen-bond donors (Lipinski definition) is 1. The number of amides is 1. The van der Waals surface area contributed by atoms with Crippen LogP contribution < -0.4 is 14.8 Å². The zero-order valence-corrected chi connectivity index (χ0v) is 21.5. The second-order valence-corrected chi connectivity index (χ2v) is 8.29. The minimum Gasteiger partial charge on any atom is -0.489 e. The van der Waals surface area contributed by atoms with Crippen molar-refractivity contribution in [3.63, 3.8) is 0 Å². The summed E-state index contributed by atoms with van der Waals surface area (Å²) in [6.07, 6.45) is -1.83. The third-order valence-corrected chi connectivity index (χ3v) is 5.39. The predicted molar refractivity (Wildman–Crippen MR) is 142 cm³/mol. The topological polar surface area (TPSA) is 83.1 Å². The maximum absolute atomic E-state index is 12.7.